The fourth-order valence-corrected chi connectivity index (χ4v) is 1.65. The minimum absolute atomic E-state index is 0.118. The van der Waals surface area contributed by atoms with E-state index in [1.165, 1.54) is 12.3 Å². The number of hydrogen-bond donors (Lipinski definition) is 2. The van der Waals surface area contributed by atoms with E-state index in [1.54, 1.807) is 18.2 Å². The molecule has 1 atom stereocenters. The minimum atomic E-state index is -0.690. The number of benzene rings is 1. The molecule has 6 heteroatoms. The van der Waals surface area contributed by atoms with Crippen LogP contribution in [-0.4, -0.2) is 17.9 Å². The summed E-state index contributed by atoms with van der Waals surface area (Å²) in [6.07, 6.45) is 1.16. The van der Waals surface area contributed by atoms with E-state index in [4.69, 9.17) is 9.15 Å². The van der Waals surface area contributed by atoms with E-state index in [-0.39, 0.29) is 5.76 Å². The van der Waals surface area contributed by atoms with Gasteiger partial charge in [0.25, 0.3) is 5.91 Å². The molecule has 2 N–H and O–H groups in total. The molecule has 1 heterocycles. The fourth-order valence-electron chi connectivity index (χ4n) is 1.65. The fraction of sp³-hybridized carbons (Fsp3) is 0.200. The molecule has 0 aliphatic rings. The van der Waals surface area contributed by atoms with Crippen LogP contribution < -0.4 is 15.6 Å². The second kappa shape index (κ2) is 7.14. The highest BCUT2D eigenvalue weighted by molar-refractivity contribution is 5.93. The van der Waals surface area contributed by atoms with Crippen LogP contribution in [0.5, 0.6) is 5.75 Å². The van der Waals surface area contributed by atoms with Crippen LogP contribution in [0.2, 0.25) is 0 Å². The Bertz CT molecular complexity index is 581. The summed E-state index contributed by atoms with van der Waals surface area (Å²) in [6, 6.07) is 12.1. The maximum absolute atomic E-state index is 12.0. The Morgan fingerprint density at radius 2 is 1.90 bits per heavy atom. The number of nitrogens with one attached hydrogen (secondary N) is 2. The number of amides is 2. The van der Waals surface area contributed by atoms with E-state index in [0.29, 0.717) is 12.2 Å². The van der Waals surface area contributed by atoms with Crippen molar-refractivity contribution in [2.75, 3.05) is 0 Å². The van der Waals surface area contributed by atoms with Crippen molar-refractivity contribution in [3.8, 4) is 5.75 Å². The van der Waals surface area contributed by atoms with Gasteiger partial charge in [-0.3, -0.25) is 20.4 Å². The average molecular weight is 288 g/mol. The topological polar surface area (TPSA) is 80.6 Å². The summed E-state index contributed by atoms with van der Waals surface area (Å²) in [5, 5.41) is 0. The van der Waals surface area contributed by atoms with Crippen molar-refractivity contribution < 1.29 is 18.7 Å². The molecule has 0 aliphatic carbocycles. The number of hydrazine groups is 1. The van der Waals surface area contributed by atoms with Crippen LogP contribution in [0.15, 0.2) is 53.1 Å². The van der Waals surface area contributed by atoms with Gasteiger partial charge in [0.05, 0.1) is 6.26 Å². The third-order valence-electron chi connectivity index (χ3n) is 2.73. The van der Waals surface area contributed by atoms with E-state index in [9.17, 15) is 9.59 Å². The third kappa shape index (κ3) is 4.10. The van der Waals surface area contributed by atoms with E-state index in [2.05, 4.69) is 10.9 Å². The minimum Gasteiger partial charge on any atom is -0.481 e. The summed E-state index contributed by atoms with van der Waals surface area (Å²) >= 11 is 0. The van der Waals surface area contributed by atoms with Crippen molar-refractivity contribution in [3.63, 3.8) is 0 Å². The van der Waals surface area contributed by atoms with Crippen LogP contribution in [0.4, 0.5) is 0 Å². The molecule has 0 bridgehead atoms. The molecule has 6 nitrogen and oxygen atoms in total. The van der Waals surface area contributed by atoms with Gasteiger partial charge in [-0.2, -0.15) is 0 Å². The highest BCUT2D eigenvalue weighted by atomic mass is 16.5. The third-order valence-corrected chi connectivity index (χ3v) is 2.73. The van der Waals surface area contributed by atoms with E-state index < -0.39 is 17.9 Å². The maximum atomic E-state index is 12.0. The van der Waals surface area contributed by atoms with Gasteiger partial charge in [0.1, 0.15) is 5.75 Å². The Morgan fingerprint density at radius 1 is 1.14 bits per heavy atom. The van der Waals surface area contributed by atoms with Crippen molar-refractivity contribution in [1.29, 1.82) is 0 Å². The van der Waals surface area contributed by atoms with Crippen LogP contribution in [-0.2, 0) is 4.79 Å². The van der Waals surface area contributed by atoms with Crippen LogP contribution in [0.25, 0.3) is 0 Å². The molecule has 1 unspecified atom stereocenters. The first kappa shape index (κ1) is 14.6. The van der Waals surface area contributed by atoms with Gasteiger partial charge in [-0.15, -0.1) is 0 Å². The lowest BCUT2D eigenvalue weighted by atomic mass is 10.2. The number of carbonyl (C=O) groups is 2. The molecule has 2 aromatic rings. The summed E-state index contributed by atoms with van der Waals surface area (Å²) in [5.74, 6) is -0.242. The van der Waals surface area contributed by atoms with E-state index in [0.717, 1.165) is 0 Å². The van der Waals surface area contributed by atoms with Crippen molar-refractivity contribution in [2.45, 2.75) is 19.4 Å². The standard InChI is InChI=1S/C15H16N2O4/c1-2-12(21-11-7-4-3-5-8-11)14(18)16-17-15(19)13-9-6-10-20-13/h3-10,12H,2H2,1H3,(H,16,18)(H,17,19). The summed E-state index contributed by atoms with van der Waals surface area (Å²) in [7, 11) is 0. The summed E-state index contributed by atoms with van der Waals surface area (Å²) < 4.78 is 10.5. The van der Waals surface area contributed by atoms with Gasteiger partial charge in [0, 0.05) is 0 Å². The predicted octanol–water partition coefficient (Wildman–Crippen LogP) is 1.90. The normalized spacial score (nSPS) is 11.5. The monoisotopic (exact) mass is 288 g/mol. The summed E-state index contributed by atoms with van der Waals surface area (Å²) in [4.78, 5) is 23.6. The second-order valence-corrected chi connectivity index (χ2v) is 4.25. The molecule has 0 spiro atoms. The van der Waals surface area contributed by atoms with Crippen LogP contribution in [0.1, 0.15) is 23.9 Å². The molecule has 0 saturated heterocycles. The largest absolute Gasteiger partial charge is 0.481 e. The molecule has 110 valence electrons. The molecule has 1 aromatic heterocycles. The highest BCUT2D eigenvalue weighted by Gasteiger charge is 2.19. The Kier molecular flexibility index (Phi) is 4.98. The molecule has 2 rings (SSSR count). The Labute approximate surface area is 122 Å². The van der Waals surface area contributed by atoms with Crippen molar-refractivity contribution >= 4 is 11.8 Å². The van der Waals surface area contributed by atoms with E-state index in [1.807, 2.05) is 25.1 Å². The predicted molar refractivity (Wildman–Crippen MR) is 75.5 cm³/mol. The Balaban J connectivity index is 1.87. The molecule has 0 aliphatic heterocycles. The van der Waals surface area contributed by atoms with Crippen molar-refractivity contribution in [3.05, 3.63) is 54.5 Å². The quantitative estimate of drug-likeness (QED) is 0.823. The van der Waals surface area contributed by atoms with Crippen molar-refractivity contribution in [1.82, 2.24) is 10.9 Å². The number of carbonyl (C=O) groups excluding carboxylic acids is 2. The second-order valence-electron chi connectivity index (χ2n) is 4.25. The SMILES string of the molecule is CCC(Oc1ccccc1)C(=O)NNC(=O)c1ccco1. The van der Waals surface area contributed by atoms with E-state index >= 15 is 0 Å². The number of ether oxygens (including phenoxy) is 1. The maximum Gasteiger partial charge on any atom is 0.305 e. The number of rotatable bonds is 5. The molecule has 1 aromatic carbocycles. The van der Waals surface area contributed by atoms with Gasteiger partial charge in [-0.1, -0.05) is 25.1 Å². The first-order valence-electron chi connectivity index (χ1n) is 6.56. The van der Waals surface area contributed by atoms with Gasteiger partial charge >= 0.3 is 5.91 Å². The summed E-state index contributed by atoms with van der Waals surface area (Å²) in [5.41, 5.74) is 4.59. The molecule has 21 heavy (non-hydrogen) atoms. The zero-order chi connectivity index (χ0) is 15.1. The number of furan rings is 1. The first-order chi connectivity index (χ1) is 10.2. The Hall–Kier alpha value is -2.76. The molecule has 2 amide bonds. The average Bonchev–Trinajstić information content (AvgIpc) is 3.05. The van der Waals surface area contributed by atoms with Gasteiger partial charge in [0.15, 0.2) is 11.9 Å². The van der Waals surface area contributed by atoms with Gasteiger partial charge in [-0.25, -0.2) is 0 Å². The lowest BCUT2D eigenvalue weighted by molar-refractivity contribution is -0.128. The zero-order valence-electron chi connectivity index (χ0n) is 11.5. The van der Waals surface area contributed by atoms with Gasteiger partial charge in [-0.05, 0) is 30.7 Å². The lowest BCUT2D eigenvalue weighted by Crippen LogP contribution is -2.47. The van der Waals surface area contributed by atoms with Crippen LogP contribution in [0.3, 0.4) is 0 Å². The first-order valence-corrected chi connectivity index (χ1v) is 6.56. The highest BCUT2D eigenvalue weighted by Crippen LogP contribution is 2.12. The summed E-state index contributed by atoms with van der Waals surface area (Å²) in [6.45, 7) is 1.82. The van der Waals surface area contributed by atoms with Crippen LogP contribution >= 0.6 is 0 Å². The number of para-hydroxylation sites is 1. The molecular weight excluding hydrogens is 272 g/mol. The number of hydrogen-bond acceptors (Lipinski definition) is 4. The van der Waals surface area contributed by atoms with Crippen molar-refractivity contribution in [2.24, 2.45) is 0 Å². The molecule has 0 fully saturated rings. The van der Waals surface area contributed by atoms with Gasteiger partial charge in [0.2, 0.25) is 0 Å². The lowest BCUT2D eigenvalue weighted by Gasteiger charge is -2.17. The van der Waals surface area contributed by atoms with Gasteiger partial charge < -0.3 is 9.15 Å². The smallest absolute Gasteiger partial charge is 0.305 e. The molecule has 0 saturated carbocycles. The molecule has 0 radical (unpaired) electrons. The Morgan fingerprint density at radius 3 is 2.52 bits per heavy atom. The zero-order valence-corrected chi connectivity index (χ0v) is 11.5. The molecular formula is C15H16N2O4. The van der Waals surface area contributed by atoms with Crippen LogP contribution in [0, 0.1) is 0 Å².